The van der Waals surface area contributed by atoms with Crippen LogP contribution in [0.2, 0.25) is 0 Å². The smallest absolute Gasteiger partial charge is 0.312 e. The minimum atomic E-state index is -0.472. The molecule has 2 rings (SSSR count). The topological polar surface area (TPSA) is 51.5 Å². The number of carbonyl (C=O) groups excluding carboxylic acids is 1. The predicted octanol–water partition coefficient (Wildman–Crippen LogP) is 3.27. The lowest BCUT2D eigenvalue weighted by molar-refractivity contribution is 0.0515. The number of hydrogen-bond donors (Lipinski definition) is 0. The number of benzene rings is 1. The van der Waals surface area contributed by atoms with Crippen LogP contribution in [-0.4, -0.2) is 16.7 Å². The summed E-state index contributed by atoms with van der Waals surface area (Å²) in [6.45, 7) is 1.74. The lowest BCUT2D eigenvalue weighted by Crippen LogP contribution is -2.06. The number of halogens is 1. The van der Waals surface area contributed by atoms with Crippen molar-refractivity contribution >= 4 is 34.3 Å². The Hall–Kier alpha value is -1.76. The molecule has 4 nitrogen and oxygen atoms in total. The fourth-order valence-electron chi connectivity index (χ4n) is 1.41. The van der Waals surface area contributed by atoms with E-state index in [0.29, 0.717) is 17.0 Å². The molecule has 96 valence electrons. The number of nitrogens with zero attached hydrogens (tertiary/aromatic N) is 2. The quantitative estimate of drug-likeness (QED) is 0.363. The summed E-state index contributed by atoms with van der Waals surface area (Å²) in [5.74, 6) is -0.472. The van der Waals surface area contributed by atoms with Gasteiger partial charge in [-0.2, -0.15) is 0 Å². The lowest BCUT2D eigenvalue weighted by atomic mass is 10.2. The maximum Gasteiger partial charge on any atom is 0.366 e. The van der Waals surface area contributed by atoms with Crippen molar-refractivity contribution in [1.82, 2.24) is 4.98 Å². The van der Waals surface area contributed by atoms with Gasteiger partial charge in [-0.3, -0.25) is 4.98 Å². The van der Waals surface area contributed by atoms with Crippen LogP contribution in [0.1, 0.15) is 23.0 Å². The van der Waals surface area contributed by atoms with Gasteiger partial charge in [-0.1, -0.05) is 23.4 Å². The van der Waals surface area contributed by atoms with E-state index in [9.17, 15) is 4.79 Å². The van der Waals surface area contributed by atoms with Crippen LogP contribution in [0.3, 0.4) is 0 Å². The van der Waals surface area contributed by atoms with Crippen LogP contribution in [0.4, 0.5) is 0 Å². The Morgan fingerprint density at radius 1 is 1.21 bits per heavy atom. The van der Waals surface area contributed by atoms with Crippen LogP contribution in [0.25, 0.3) is 0 Å². The van der Waals surface area contributed by atoms with Crippen molar-refractivity contribution in [3.63, 3.8) is 0 Å². The third-order valence-corrected chi connectivity index (χ3v) is 3.34. The first-order chi connectivity index (χ1) is 9.18. The molecule has 0 saturated carbocycles. The second kappa shape index (κ2) is 6.42. The molecular formula is C14H11IN2O2. The summed E-state index contributed by atoms with van der Waals surface area (Å²) in [6, 6.07) is 12.7. The van der Waals surface area contributed by atoms with Crippen molar-refractivity contribution in [3.05, 3.63) is 63.5 Å². The third kappa shape index (κ3) is 3.60. The molecular weight excluding hydrogens is 355 g/mol. The SMILES string of the molecule is C/C(=N\OC(=O)c1ccccc1I)c1ccccn1. The fraction of sp³-hybridized carbons (Fsp3) is 0.0714. The zero-order chi connectivity index (χ0) is 13.7. The number of hydrogen-bond acceptors (Lipinski definition) is 4. The molecule has 0 aliphatic carbocycles. The van der Waals surface area contributed by atoms with Crippen molar-refractivity contribution < 1.29 is 9.63 Å². The summed E-state index contributed by atoms with van der Waals surface area (Å²) in [7, 11) is 0. The van der Waals surface area contributed by atoms with Crippen molar-refractivity contribution in [2.24, 2.45) is 5.16 Å². The van der Waals surface area contributed by atoms with E-state index < -0.39 is 5.97 Å². The molecule has 5 heteroatoms. The maximum absolute atomic E-state index is 11.8. The zero-order valence-corrected chi connectivity index (χ0v) is 12.4. The van der Waals surface area contributed by atoms with Gasteiger partial charge in [-0.25, -0.2) is 4.79 Å². The first-order valence-electron chi connectivity index (χ1n) is 5.60. The Morgan fingerprint density at radius 3 is 2.63 bits per heavy atom. The van der Waals surface area contributed by atoms with Gasteiger partial charge in [0.05, 0.1) is 11.3 Å². The average Bonchev–Trinajstić information content (AvgIpc) is 2.46. The second-order valence-corrected chi connectivity index (χ2v) is 4.91. The largest absolute Gasteiger partial charge is 0.366 e. The molecule has 0 fully saturated rings. The van der Waals surface area contributed by atoms with E-state index in [1.165, 1.54) is 0 Å². The molecule has 0 amide bonds. The standard InChI is InChI=1S/C14H11IN2O2/c1-10(13-8-4-5-9-16-13)17-19-14(18)11-6-2-3-7-12(11)15/h2-9H,1H3/b17-10+. The second-order valence-electron chi connectivity index (χ2n) is 3.75. The fourth-order valence-corrected chi connectivity index (χ4v) is 2.02. The van der Waals surface area contributed by atoms with Crippen molar-refractivity contribution in [2.75, 3.05) is 0 Å². The van der Waals surface area contributed by atoms with Gasteiger partial charge in [-0.05, 0) is 53.8 Å². The molecule has 0 aliphatic heterocycles. The van der Waals surface area contributed by atoms with E-state index in [1.807, 2.05) is 24.3 Å². The highest BCUT2D eigenvalue weighted by molar-refractivity contribution is 14.1. The molecule has 1 aromatic heterocycles. The summed E-state index contributed by atoms with van der Waals surface area (Å²) >= 11 is 2.08. The first kappa shape index (κ1) is 13.7. The average molecular weight is 366 g/mol. The molecule has 2 aromatic rings. The van der Waals surface area contributed by atoms with E-state index in [2.05, 4.69) is 32.7 Å². The van der Waals surface area contributed by atoms with Crippen LogP contribution in [0.15, 0.2) is 53.8 Å². The highest BCUT2D eigenvalue weighted by Gasteiger charge is 2.11. The third-order valence-electron chi connectivity index (χ3n) is 2.39. The van der Waals surface area contributed by atoms with Crippen LogP contribution in [0.5, 0.6) is 0 Å². The Morgan fingerprint density at radius 2 is 1.95 bits per heavy atom. The summed E-state index contributed by atoms with van der Waals surface area (Å²) in [5, 5.41) is 3.81. The predicted molar refractivity (Wildman–Crippen MR) is 81.0 cm³/mol. The van der Waals surface area contributed by atoms with Crippen LogP contribution >= 0.6 is 22.6 Å². The summed E-state index contributed by atoms with van der Waals surface area (Å²) in [6.07, 6.45) is 1.66. The Kier molecular flexibility index (Phi) is 4.62. The number of pyridine rings is 1. The lowest BCUT2D eigenvalue weighted by Gasteiger charge is -2.02. The molecule has 0 spiro atoms. The molecule has 0 atom stereocenters. The van der Waals surface area contributed by atoms with E-state index >= 15 is 0 Å². The van der Waals surface area contributed by atoms with Crippen molar-refractivity contribution in [1.29, 1.82) is 0 Å². The molecule has 0 saturated heterocycles. The Balaban J connectivity index is 2.11. The van der Waals surface area contributed by atoms with Gasteiger partial charge in [0.2, 0.25) is 0 Å². The highest BCUT2D eigenvalue weighted by Crippen LogP contribution is 2.12. The molecule has 1 aromatic carbocycles. The molecule has 0 radical (unpaired) electrons. The Labute approximate surface area is 124 Å². The number of carbonyl (C=O) groups is 1. The van der Waals surface area contributed by atoms with Gasteiger partial charge in [0.15, 0.2) is 0 Å². The molecule has 0 unspecified atom stereocenters. The normalized spacial score (nSPS) is 11.2. The molecule has 0 aliphatic rings. The molecule has 19 heavy (non-hydrogen) atoms. The monoisotopic (exact) mass is 366 g/mol. The van der Waals surface area contributed by atoms with Gasteiger partial charge in [-0.15, -0.1) is 0 Å². The summed E-state index contributed by atoms with van der Waals surface area (Å²) in [5.41, 5.74) is 1.73. The van der Waals surface area contributed by atoms with Crippen LogP contribution in [0, 0.1) is 3.57 Å². The van der Waals surface area contributed by atoms with E-state index in [1.54, 1.807) is 31.3 Å². The molecule has 0 N–H and O–H groups in total. The van der Waals surface area contributed by atoms with E-state index in [-0.39, 0.29) is 0 Å². The number of aromatic nitrogens is 1. The number of rotatable bonds is 3. The van der Waals surface area contributed by atoms with E-state index in [4.69, 9.17) is 4.84 Å². The van der Waals surface area contributed by atoms with Gasteiger partial charge in [0.1, 0.15) is 5.71 Å². The van der Waals surface area contributed by atoms with Crippen molar-refractivity contribution in [2.45, 2.75) is 6.92 Å². The van der Waals surface area contributed by atoms with Gasteiger partial charge in [0.25, 0.3) is 0 Å². The summed E-state index contributed by atoms with van der Waals surface area (Å²) < 4.78 is 0.829. The van der Waals surface area contributed by atoms with Gasteiger partial charge < -0.3 is 4.84 Å². The van der Waals surface area contributed by atoms with Gasteiger partial charge >= 0.3 is 5.97 Å². The Bertz CT molecular complexity index is 612. The highest BCUT2D eigenvalue weighted by atomic mass is 127. The van der Waals surface area contributed by atoms with Crippen LogP contribution in [-0.2, 0) is 4.84 Å². The van der Waals surface area contributed by atoms with Gasteiger partial charge in [0, 0.05) is 9.77 Å². The summed E-state index contributed by atoms with van der Waals surface area (Å²) in [4.78, 5) is 20.9. The first-order valence-corrected chi connectivity index (χ1v) is 6.68. The molecule has 0 bridgehead atoms. The van der Waals surface area contributed by atoms with Crippen LogP contribution < -0.4 is 0 Å². The minimum Gasteiger partial charge on any atom is -0.312 e. The van der Waals surface area contributed by atoms with E-state index in [0.717, 1.165) is 3.57 Å². The maximum atomic E-state index is 11.8. The zero-order valence-electron chi connectivity index (χ0n) is 10.2. The minimum absolute atomic E-state index is 0.472. The molecule has 1 heterocycles. The van der Waals surface area contributed by atoms with Crippen molar-refractivity contribution in [3.8, 4) is 0 Å². The number of oxime groups is 1.